The number of nitrogens with zero attached hydrogens (tertiary/aromatic N) is 1. The number of carbonyl (C=O) groups is 1. The highest BCUT2D eigenvalue weighted by Crippen LogP contribution is 2.15. The van der Waals surface area contributed by atoms with E-state index in [0.29, 0.717) is 12.3 Å². The summed E-state index contributed by atoms with van der Waals surface area (Å²) in [7, 11) is 3.41. The lowest BCUT2D eigenvalue weighted by Crippen LogP contribution is -2.35. The topological polar surface area (TPSA) is 55.6 Å². The van der Waals surface area contributed by atoms with Crippen molar-refractivity contribution >= 4 is 5.91 Å². The molecule has 1 atom stereocenters. The van der Waals surface area contributed by atoms with E-state index in [1.165, 1.54) is 4.90 Å². The van der Waals surface area contributed by atoms with Crippen molar-refractivity contribution in [2.24, 2.45) is 5.73 Å². The zero-order valence-electron chi connectivity index (χ0n) is 9.93. The number of benzene rings is 1. The molecule has 4 nitrogen and oxygen atoms in total. The summed E-state index contributed by atoms with van der Waals surface area (Å²) >= 11 is 0. The Morgan fingerprint density at radius 1 is 1.50 bits per heavy atom. The minimum absolute atomic E-state index is 0.0573. The molecule has 0 aliphatic carbocycles. The predicted octanol–water partition coefficient (Wildman–Crippen LogP) is 1.00. The molecule has 1 rings (SSSR count). The monoisotopic (exact) mass is 222 g/mol. The standard InChI is InChI=1S/C12H18N2O2/c1-9(12(15)14(2)3)16-11-6-4-5-10(7-11)8-13/h4-7,9H,8,13H2,1-3H3. The van der Waals surface area contributed by atoms with E-state index in [9.17, 15) is 4.79 Å². The van der Waals surface area contributed by atoms with Gasteiger partial charge in [0.25, 0.3) is 5.91 Å². The third-order valence-corrected chi connectivity index (χ3v) is 2.24. The Hall–Kier alpha value is -1.55. The van der Waals surface area contributed by atoms with E-state index in [4.69, 9.17) is 10.5 Å². The summed E-state index contributed by atoms with van der Waals surface area (Å²) in [5.41, 5.74) is 6.51. The number of carbonyl (C=O) groups excluding carboxylic acids is 1. The van der Waals surface area contributed by atoms with Gasteiger partial charge in [-0.05, 0) is 24.6 Å². The Morgan fingerprint density at radius 2 is 2.19 bits per heavy atom. The zero-order chi connectivity index (χ0) is 12.1. The third kappa shape index (κ3) is 3.24. The Morgan fingerprint density at radius 3 is 2.75 bits per heavy atom. The lowest BCUT2D eigenvalue weighted by atomic mass is 10.2. The van der Waals surface area contributed by atoms with Crippen molar-refractivity contribution in [3.8, 4) is 5.75 Å². The minimum Gasteiger partial charge on any atom is -0.481 e. The van der Waals surface area contributed by atoms with E-state index >= 15 is 0 Å². The van der Waals surface area contributed by atoms with Crippen LogP contribution < -0.4 is 10.5 Å². The van der Waals surface area contributed by atoms with Gasteiger partial charge >= 0.3 is 0 Å². The number of amides is 1. The number of ether oxygens (including phenoxy) is 1. The Balaban J connectivity index is 2.69. The molecule has 0 bridgehead atoms. The van der Waals surface area contributed by atoms with Gasteiger partial charge in [0.15, 0.2) is 6.10 Å². The van der Waals surface area contributed by atoms with Gasteiger partial charge in [-0.2, -0.15) is 0 Å². The predicted molar refractivity (Wildman–Crippen MR) is 63.1 cm³/mol. The van der Waals surface area contributed by atoms with E-state index in [1.807, 2.05) is 24.3 Å². The van der Waals surface area contributed by atoms with Crippen molar-refractivity contribution in [1.82, 2.24) is 4.90 Å². The maximum atomic E-state index is 11.6. The molecule has 4 heteroatoms. The van der Waals surface area contributed by atoms with Gasteiger partial charge in [0, 0.05) is 20.6 Å². The molecule has 0 spiro atoms. The second-order valence-electron chi connectivity index (χ2n) is 3.84. The summed E-state index contributed by atoms with van der Waals surface area (Å²) in [5.74, 6) is 0.615. The van der Waals surface area contributed by atoms with Crippen LogP contribution in [0.15, 0.2) is 24.3 Å². The molecular formula is C12H18N2O2. The quantitative estimate of drug-likeness (QED) is 0.827. The van der Waals surface area contributed by atoms with Crippen molar-refractivity contribution in [3.63, 3.8) is 0 Å². The maximum absolute atomic E-state index is 11.6. The number of nitrogens with two attached hydrogens (primary N) is 1. The van der Waals surface area contributed by atoms with Crippen LogP contribution in [0.4, 0.5) is 0 Å². The van der Waals surface area contributed by atoms with Crippen LogP contribution in [0.25, 0.3) is 0 Å². The summed E-state index contributed by atoms with van der Waals surface area (Å²) in [4.78, 5) is 13.1. The second-order valence-corrected chi connectivity index (χ2v) is 3.84. The fraction of sp³-hybridized carbons (Fsp3) is 0.417. The van der Waals surface area contributed by atoms with Crippen LogP contribution in [-0.2, 0) is 11.3 Å². The molecular weight excluding hydrogens is 204 g/mol. The molecule has 0 aliphatic rings. The van der Waals surface area contributed by atoms with Gasteiger partial charge in [-0.25, -0.2) is 0 Å². The molecule has 0 aromatic heterocycles. The van der Waals surface area contributed by atoms with Crippen molar-refractivity contribution in [1.29, 1.82) is 0 Å². The van der Waals surface area contributed by atoms with Crippen LogP contribution >= 0.6 is 0 Å². The molecule has 0 heterocycles. The maximum Gasteiger partial charge on any atom is 0.262 e. The highest BCUT2D eigenvalue weighted by atomic mass is 16.5. The van der Waals surface area contributed by atoms with Gasteiger partial charge in [-0.15, -0.1) is 0 Å². The van der Waals surface area contributed by atoms with Crippen LogP contribution in [0.1, 0.15) is 12.5 Å². The van der Waals surface area contributed by atoms with Crippen LogP contribution in [-0.4, -0.2) is 31.0 Å². The normalized spacial score (nSPS) is 12.0. The second kappa shape index (κ2) is 5.51. The molecule has 2 N–H and O–H groups in total. The van der Waals surface area contributed by atoms with Gasteiger partial charge in [-0.1, -0.05) is 12.1 Å². The van der Waals surface area contributed by atoms with E-state index in [-0.39, 0.29) is 5.91 Å². The molecule has 0 radical (unpaired) electrons. The van der Waals surface area contributed by atoms with Crippen molar-refractivity contribution in [2.75, 3.05) is 14.1 Å². The molecule has 1 aromatic rings. The first-order chi connectivity index (χ1) is 7.54. The highest BCUT2D eigenvalue weighted by Gasteiger charge is 2.16. The van der Waals surface area contributed by atoms with Crippen molar-refractivity contribution < 1.29 is 9.53 Å². The number of rotatable bonds is 4. The molecule has 1 aromatic carbocycles. The molecule has 1 amide bonds. The number of hydrogen-bond donors (Lipinski definition) is 1. The molecule has 0 saturated carbocycles. The van der Waals surface area contributed by atoms with Gasteiger partial charge in [0.2, 0.25) is 0 Å². The van der Waals surface area contributed by atoms with Crippen molar-refractivity contribution in [3.05, 3.63) is 29.8 Å². The molecule has 1 unspecified atom stereocenters. The SMILES string of the molecule is CC(Oc1cccc(CN)c1)C(=O)N(C)C. The summed E-state index contributed by atoms with van der Waals surface area (Å²) in [6, 6.07) is 7.45. The summed E-state index contributed by atoms with van der Waals surface area (Å²) in [6.07, 6.45) is -0.483. The smallest absolute Gasteiger partial charge is 0.262 e. The van der Waals surface area contributed by atoms with Crippen LogP contribution in [0, 0.1) is 0 Å². The Labute approximate surface area is 96.0 Å². The molecule has 16 heavy (non-hydrogen) atoms. The fourth-order valence-electron chi connectivity index (χ4n) is 1.36. The molecule has 0 aliphatic heterocycles. The first-order valence-corrected chi connectivity index (χ1v) is 5.21. The molecule has 0 fully saturated rings. The number of likely N-dealkylation sites (N-methyl/N-ethyl adjacent to an activating group) is 1. The summed E-state index contributed by atoms with van der Waals surface area (Å²) in [5, 5.41) is 0. The fourth-order valence-corrected chi connectivity index (χ4v) is 1.36. The average molecular weight is 222 g/mol. The van der Waals surface area contributed by atoms with Gasteiger partial charge in [-0.3, -0.25) is 4.79 Å². The van der Waals surface area contributed by atoms with E-state index < -0.39 is 6.10 Å². The zero-order valence-corrected chi connectivity index (χ0v) is 9.93. The summed E-state index contributed by atoms with van der Waals surface area (Å²) < 4.78 is 5.53. The van der Waals surface area contributed by atoms with Crippen LogP contribution in [0.3, 0.4) is 0 Å². The molecule has 88 valence electrons. The average Bonchev–Trinajstić information content (AvgIpc) is 2.28. The molecule has 0 saturated heterocycles. The van der Waals surface area contributed by atoms with E-state index in [0.717, 1.165) is 5.56 Å². The Kier molecular flexibility index (Phi) is 4.31. The lowest BCUT2D eigenvalue weighted by molar-refractivity contribution is -0.135. The Bertz CT molecular complexity index is 364. The number of hydrogen-bond acceptors (Lipinski definition) is 3. The third-order valence-electron chi connectivity index (χ3n) is 2.24. The largest absolute Gasteiger partial charge is 0.481 e. The highest BCUT2D eigenvalue weighted by molar-refractivity contribution is 5.80. The van der Waals surface area contributed by atoms with Crippen LogP contribution in [0.5, 0.6) is 5.75 Å². The first kappa shape index (κ1) is 12.5. The summed E-state index contributed by atoms with van der Waals surface area (Å²) in [6.45, 7) is 2.20. The minimum atomic E-state index is -0.483. The first-order valence-electron chi connectivity index (χ1n) is 5.21. The van der Waals surface area contributed by atoms with E-state index in [2.05, 4.69) is 0 Å². The van der Waals surface area contributed by atoms with E-state index in [1.54, 1.807) is 21.0 Å². The lowest BCUT2D eigenvalue weighted by Gasteiger charge is -2.18. The van der Waals surface area contributed by atoms with Gasteiger partial charge < -0.3 is 15.4 Å². The van der Waals surface area contributed by atoms with Gasteiger partial charge in [0.05, 0.1) is 0 Å². The van der Waals surface area contributed by atoms with Crippen molar-refractivity contribution in [2.45, 2.75) is 19.6 Å². The van der Waals surface area contributed by atoms with Gasteiger partial charge in [0.1, 0.15) is 5.75 Å². The van der Waals surface area contributed by atoms with Crippen LogP contribution in [0.2, 0.25) is 0 Å².